The molecule has 19 heavy (non-hydrogen) atoms. The van der Waals surface area contributed by atoms with Crippen molar-refractivity contribution >= 4 is 16.3 Å². The topological polar surface area (TPSA) is 38.6 Å². The van der Waals surface area contributed by atoms with Gasteiger partial charge in [-0.3, -0.25) is 4.40 Å². The summed E-state index contributed by atoms with van der Waals surface area (Å²) in [6.07, 6.45) is 7.36. The molecule has 0 saturated heterocycles. The summed E-state index contributed by atoms with van der Waals surface area (Å²) < 4.78 is 7.51. The van der Waals surface area contributed by atoms with Gasteiger partial charge in [0.2, 0.25) is 5.88 Å². The first kappa shape index (κ1) is 12.9. The van der Waals surface area contributed by atoms with E-state index in [0.29, 0.717) is 6.04 Å². The summed E-state index contributed by atoms with van der Waals surface area (Å²) in [5.41, 5.74) is 1.14. The molecule has 104 valence electrons. The Hall–Kier alpha value is -1.07. The van der Waals surface area contributed by atoms with E-state index in [1.165, 1.54) is 25.7 Å². The number of nitrogens with zero attached hydrogens (tertiary/aromatic N) is 2. The molecule has 3 rings (SSSR count). The minimum Gasteiger partial charge on any atom is -0.480 e. The first-order valence-electron chi connectivity index (χ1n) is 6.99. The summed E-state index contributed by atoms with van der Waals surface area (Å²) in [6, 6.07) is 0.637. The summed E-state index contributed by atoms with van der Waals surface area (Å²) in [5, 5.41) is 5.74. The standard InChI is InChI=1S/C14H21N3OS/c1-10-4-3-5-11(8-10)15-9-12-13(18-2)16-14-17(12)6-7-19-14/h6-7,10-11,15H,3-5,8-9H2,1-2H3. The first-order valence-corrected chi connectivity index (χ1v) is 7.87. The van der Waals surface area contributed by atoms with Crippen LogP contribution in [0.25, 0.3) is 4.96 Å². The minimum absolute atomic E-state index is 0.637. The van der Waals surface area contributed by atoms with Crippen LogP contribution in [0.15, 0.2) is 11.6 Å². The van der Waals surface area contributed by atoms with Gasteiger partial charge in [0.1, 0.15) is 5.69 Å². The lowest BCUT2D eigenvalue weighted by Gasteiger charge is -2.27. The third-order valence-electron chi connectivity index (χ3n) is 4.01. The van der Waals surface area contributed by atoms with Crippen LogP contribution in [0.4, 0.5) is 0 Å². The van der Waals surface area contributed by atoms with E-state index in [1.807, 2.05) is 0 Å². The van der Waals surface area contributed by atoms with Gasteiger partial charge in [-0.1, -0.05) is 19.8 Å². The predicted molar refractivity (Wildman–Crippen MR) is 77.9 cm³/mol. The Balaban J connectivity index is 1.71. The maximum absolute atomic E-state index is 5.38. The monoisotopic (exact) mass is 279 g/mol. The number of nitrogens with one attached hydrogen (secondary N) is 1. The van der Waals surface area contributed by atoms with Crippen LogP contribution in [0, 0.1) is 5.92 Å². The van der Waals surface area contributed by atoms with Gasteiger partial charge < -0.3 is 10.1 Å². The maximum atomic E-state index is 5.38. The van der Waals surface area contributed by atoms with Gasteiger partial charge in [-0.15, -0.1) is 11.3 Å². The van der Waals surface area contributed by atoms with Crippen LogP contribution < -0.4 is 10.1 Å². The zero-order valence-corrected chi connectivity index (χ0v) is 12.4. The second-order valence-electron chi connectivity index (χ2n) is 5.47. The molecule has 0 spiro atoms. The molecule has 2 aromatic rings. The highest BCUT2D eigenvalue weighted by atomic mass is 32.1. The fraction of sp³-hybridized carbons (Fsp3) is 0.643. The lowest BCUT2D eigenvalue weighted by atomic mass is 9.87. The number of aromatic nitrogens is 2. The van der Waals surface area contributed by atoms with Gasteiger partial charge in [-0.05, 0) is 18.8 Å². The molecule has 0 aromatic carbocycles. The number of hydrogen-bond donors (Lipinski definition) is 1. The van der Waals surface area contributed by atoms with Crippen molar-refractivity contribution in [3.63, 3.8) is 0 Å². The number of rotatable bonds is 4. The summed E-state index contributed by atoms with van der Waals surface area (Å²) in [4.78, 5) is 5.49. The number of hydrogen-bond acceptors (Lipinski definition) is 4. The molecule has 2 unspecified atom stereocenters. The fourth-order valence-corrected chi connectivity index (χ4v) is 3.72. The van der Waals surface area contributed by atoms with Crippen LogP contribution in [0.5, 0.6) is 5.88 Å². The average molecular weight is 279 g/mol. The molecule has 0 bridgehead atoms. The molecule has 0 radical (unpaired) electrons. The maximum Gasteiger partial charge on any atom is 0.237 e. The Bertz CT molecular complexity index is 548. The molecule has 0 aliphatic heterocycles. The largest absolute Gasteiger partial charge is 0.480 e. The van der Waals surface area contributed by atoms with Crippen molar-refractivity contribution in [3.8, 4) is 5.88 Å². The van der Waals surface area contributed by atoms with E-state index in [9.17, 15) is 0 Å². The number of thiazole rings is 1. The molecule has 4 nitrogen and oxygen atoms in total. The minimum atomic E-state index is 0.637. The highest BCUT2D eigenvalue weighted by molar-refractivity contribution is 7.15. The summed E-state index contributed by atoms with van der Waals surface area (Å²) >= 11 is 1.64. The van der Waals surface area contributed by atoms with Crippen LogP contribution in [0.3, 0.4) is 0 Å². The van der Waals surface area contributed by atoms with Crippen molar-refractivity contribution < 1.29 is 4.74 Å². The lowest BCUT2D eigenvalue weighted by molar-refractivity contribution is 0.297. The smallest absolute Gasteiger partial charge is 0.237 e. The van der Waals surface area contributed by atoms with E-state index in [2.05, 4.69) is 33.2 Å². The molecule has 2 atom stereocenters. The molecule has 1 aliphatic rings. The van der Waals surface area contributed by atoms with E-state index in [-0.39, 0.29) is 0 Å². The molecule has 0 amide bonds. The van der Waals surface area contributed by atoms with Crippen LogP contribution in [-0.2, 0) is 6.54 Å². The Morgan fingerprint density at radius 3 is 3.21 bits per heavy atom. The zero-order valence-electron chi connectivity index (χ0n) is 11.6. The van der Waals surface area contributed by atoms with Crippen molar-refractivity contribution in [1.29, 1.82) is 0 Å². The van der Waals surface area contributed by atoms with E-state index < -0.39 is 0 Å². The molecular weight excluding hydrogens is 258 g/mol. The Kier molecular flexibility index (Phi) is 3.75. The Morgan fingerprint density at radius 1 is 1.53 bits per heavy atom. The van der Waals surface area contributed by atoms with E-state index in [0.717, 1.165) is 29.0 Å². The molecule has 1 fully saturated rings. The third kappa shape index (κ3) is 2.62. The fourth-order valence-electron chi connectivity index (χ4n) is 3.00. The number of fused-ring (bicyclic) bond motifs is 1. The highest BCUT2D eigenvalue weighted by Crippen LogP contribution is 2.26. The van der Waals surface area contributed by atoms with E-state index in [1.54, 1.807) is 18.4 Å². The molecule has 1 aliphatic carbocycles. The summed E-state index contributed by atoms with van der Waals surface area (Å²) in [7, 11) is 1.69. The van der Waals surface area contributed by atoms with Crippen LogP contribution in [0.1, 0.15) is 38.3 Å². The zero-order chi connectivity index (χ0) is 13.2. The van der Waals surface area contributed by atoms with Crippen molar-refractivity contribution in [1.82, 2.24) is 14.7 Å². The van der Waals surface area contributed by atoms with E-state index >= 15 is 0 Å². The summed E-state index contributed by atoms with van der Waals surface area (Å²) in [5.74, 6) is 1.60. The highest BCUT2D eigenvalue weighted by Gasteiger charge is 2.20. The SMILES string of the molecule is COc1nc2sccn2c1CNC1CCCC(C)C1. The van der Waals surface area contributed by atoms with Crippen LogP contribution in [0.2, 0.25) is 0 Å². The van der Waals surface area contributed by atoms with Gasteiger partial charge >= 0.3 is 0 Å². The van der Waals surface area contributed by atoms with Gasteiger partial charge in [-0.2, -0.15) is 4.98 Å². The Labute approximate surface area is 117 Å². The van der Waals surface area contributed by atoms with Crippen molar-refractivity contribution in [3.05, 3.63) is 17.3 Å². The normalized spacial score (nSPS) is 23.9. The first-order chi connectivity index (χ1) is 9.28. The Morgan fingerprint density at radius 2 is 2.42 bits per heavy atom. The van der Waals surface area contributed by atoms with E-state index in [4.69, 9.17) is 4.74 Å². The van der Waals surface area contributed by atoms with Crippen molar-refractivity contribution in [2.24, 2.45) is 5.92 Å². The van der Waals surface area contributed by atoms with Gasteiger partial charge in [-0.25, -0.2) is 0 Å². The number of ether oxygens (including phenoxy) is 1. The van der Waals surface area contributed by atoms with Crippen LogP contribution in [-0.4, -0.2) is 22.5 Å². The van der Waals surface area contributed by atoms with Crippen LogP contribution >= 0.6 is 11.3 Å². The lowest BCUT2D eigenvalue weighted by Crippen LogP contribution is -2.33. The van der Waals surface area contributed by atoms with Gasteiger partial charge in [0.25, 0.3) is 0 Å². The van der Waals surface area contributed by atoms with Crippen molar-refractivity contribution in [2.45, 2.75) is 45.2 Å². The predicted octanol–water partition coefficient (Wildman–Crippen LogP) is 3.07. The molecular formula is C14H21N3OS. The molecule has 5 heteroatoms. The second-order valence-corrected chi connectivity index (χ2v) is 6.35. The van der Waals surface area contributed by atoms with Crippen molar-refractivity contribution in [2.75, 3.05) is 7.11 Å². The van der Waals surface area contributed by atoms with Gasteiger partial charge in [0.15, 0.2) is 4.96 Å². The summed E-state index contributed by atoms with van der Waals surface area (Å²) in [6.45, 7) is 3.18. The average Bonchev–Trinajstić information content (AvgIpc) is 2.96. The molecule has 2 aromatic heterocycles. The molecule has 2 heterocycles. The molecule has 1 N–H and O–H groups in total. The third-order valence-corrected chi connectivity index (χ3v) is 4.77. The second kappa shape index (κ2) is 5.51. The van der Waals surface area contributed by atoms with Gasteiger partial charge in [0, 0.05) is 24.2 Å². The number of methoxy groups -OCH3 is 1. The number of imidazole rings is 1. The quantitative estimate of drug-likeness (QED) is 0.934. The molecule has 1 saturated carbocycles. The van der Waals surface area contributed by atoms with Gasteiger partial charge in [0.05, 0.1) is 7.11 Å².